The Labute approximate surface area is 114 Å². The molecule has 0 aromatic heterocycles. The molecule has 0 heterocycles. The number of rotatable bonds is 5. The lowest BCUT2D eigenvalue weighted by molar-refractivity contribution is 0.201. The second-order valence-corrected chi connectivity index (χ2v) is 7.05. The van der Waals surface area contributed by atoms with Crippen molar-refractivity contribution in [2.24, 2.45) is 17.8 Å². The van der Waals surface area contributed by atoms with Gasteiger partial charge in [0, 0.05) is 6.04 Å². The molecule has 2 atom stereocenters. The highest BCUT2D eigenvalue weighted by atomic mass is 14.9. The lowest BCUT2D eigenvalue weighted by atomic mass is 9.77. The van der Waals surface area contributed by atoms with E-state index < -0.39 is 0 Å². The average molecular weight is 251 g/mol. The second kappa shape index (κ2) is 7.53. The van der Waals surface area contributed by atoms with Gasteiger partial charge in [-0.25, -0.2) is 0 Å². The van der Waals surface area contributed by atoms with Crippen LogP contribution in [0.15, 0.2) is 0 Å². The average Bonchev–Trinajstić information content (AvgIpc) is 2.40. The Hall–Kier alpha value is -0.0400. The molecule has 0 amide bonds. The Kier molecular flexibility index (Phi) is 6.01. The summed E-state index contributed by atoms with van der Waals surface area (Å²) in [6, 6.07) is 0.822. The van der Waals surface area contributed by atoms with Gasteiger partial charge in [-0.05, 0) is 43.6 Å². The lowest BCUT2D eigenvalue weighted by Gasteiger charge is -2.35. The van der Waals surface area contributed by atoms with Crippen molar-refractivity contribution in [1.82, 2.24) is 5.32 Å². The van der Waals surface area contributed by atoms with E-state index >= 15 is 0 Å². The largest absolute Gasteiger partial charge is 0.314 e. The Bertz CT molecular complexity index is 218. The number of hydrogen-bond donors (Lipinski definition) is 1. The van der Waals surface area contributed by atoms with Gasteiger partial charge < -0.3 is 5.32 Å². The van der Waals surface area contributed by atoms with Crippen LogP contribution in [0, 0.1) is 17.8 Å². The Balaban J connectivity index is 1.67. The van der Waals surface area contributed by atoms with Crippen molar-refractivity contribution in [3.8, 4) is 0 Å². The van der Waals surface area contributed by atoms with Crippen molar-refractivity contribution in [2.45, 2.75) is 84.1 Å². The van der Waals surface area contributed by atoms with E-state index in [1.807, 2.05) is 0 Å². The molecule has 0 bridgehead atoms. The van der Waals surface area contributed by atoms with Gasteiger partial charge in [0.1, 0.15) is 0 Å². The van der Waals surface area contributed by atoms with E-state index in [1.165, 1.54) is 70.8 Å². The molecular formula is C17H33N. The minimum Gasteiger partial charge on any atom is -0.314 e. The van der Waals surface area contributed by atoms with E-state index in [9.17, 15) is 0 Å². The first-order valence-electron chi connectivity index (χ1n) is 8.50. The molecule has 2 aliphatic rings. The summed E-state index contributed by atoms with van der Waals surface area (Å²) in [5, 5.41) is 3.90. The molecule has 1 N–H and O–H groups in total. The van der Waals surface area contributed by atoms with E-state index in [0.29, 0.717) is 0 Å². The predicted molar refractivity (Wildman–Crippen MR) is 79.8 cm³/mol. The van der Waals surface area contributed by atoms with Crippen molar-refractivity contribution in [1.29, 1.82) is 0 Å². The monoisotopic (exact) mass is 251 g/mol. The van der Waals surface area contributed by atoms with E-state index in [0.717, 1.165) is 23.8 Å². The summed E-state index contributed by atoms with van der Waals surface area (Å²) in [6.07, 6.45) is 14.7. The summed E-state index contributed by atoms with van der Waals surface area (Å²) in [5.41, 5.74) is 0. The van der Waals surface area contributed by atoms with Crippen LogP contribution in [0.1, 0.15) is 78.1 Å². The first-order valence-corrected chi connectivity index (χ1v) is 8.50. The van der Waals surface area contributed by atoms with Gasteiger partial charge in [-0.2, -0.15) is 0 Å². The molecule has 0 aromatic rings. The second-order valence-electron chi connectivity index (χ2n) is 7.05. The highest BCUT2D eigenvalue weighted by Gasteiger charge is 2.27. The zero-order valence-corrected chi connectivity index (χ0v) is 12.6. The van der Waals surface area contributed by atoms with Crippen LogP contribution in [-0.4, -0.2) is 12.6 Å². The molecule has 106 valence electrons. The van der Waals surface area contributed by atoms with Gasteiger partial charge in [0.25, 0.3) is 0 Å². The smallest absolute Gasteiger partial charge is 0.00977 e. The molecule has 2 unspecified atom stereocenters. The summed E-state index contributed by atoms with van der Waals surface area (Å²) in [5.74, 6) is 2.83. The zero-order valence-electron chi connectivity index (χ0n) is 12.6. The Morgan fingerprint density at radius 2 is 1.56 bits per heavy atom. The molecule has 0 spiro atoms. The van der Waals surface area contributed by atoms with Crippen LogP contribution in [0.25, 0.3) is 0 Å². The van der Waals surface area contributed by atoms with E-state index in [2.05, 4.69) is 19.2 Å². The first-order chi connectivity index (χ1) is 8.77. The lowest BCUT2D eigenvalue weighted by Crippen LogP contribution is -2.41. The predicted octanol–water partition coefficient (Wildman–Crippen LogP) is 4.76. The fraction of sp³-hybridized carbons (Fsp3) is 1.00. The van der Waals surface area contributed by atoms with Crippen LogP contribution in [0.3, 0.4) is 0 Å². The van der Waals surface area contributed by atoms with E-state index in [1.54, 1.807) is 0 Å². The highest BCUT2D eigenvalue weighted by molar-refractivity contribution is 4.83. The Morgan fingerprint density at radius 1 is 0.889 bits per heavy atom. The zero-order chi connectivity index (χ0) is 12.8. The normalized spacial score (nSPS) is 30.8. The molecule has 2 saturated carbocycles. The standard InChI is InChI=1S/C17H33N/c1-14(2)16-10-6-7-11-17(16)18-13-12-15-8-4-3-5-9-15/h14-18H,3-13H2,1-2H3. The quantitative estimate of drug-likeness (QED) is 0.743. The van der Waals surface area contributed by atoms with Crippen LogP contribution in [0.5, 0.6) is 0 Å². The van der Waals surface area contributed by atoms with Crippen LogP contribution in [0.4, 0.5) is 0 Å². The molecule has 0 aliphatic heterocycles. The summed E-state index contributed by atoms with van der Waals surface area (Å²) in [7, 11) is 0. The van der Waals surface area contributed by atoms with Gasteiger partial charge in [-0.15, -0.1) is 0 Å². The van der Waals surface area contributed by atoms with Crippen LogP contribution < -0.4 is 5.32 Å². The molecule has 0 saturated heterocycles. The van der Waals surface area contributed by atoms with Gasteiger partial charge in [0.15, 0.2) is 0 Å². The summed E-state index contributed by atoms with van der Waals surface area (Å²) >= 11 is 0. The van der Waals surface area contributed by atoms with Gasteiger partial charge in [0.2, 0.25) is 0 Å². The molecular weight excluding hydrogens is 218 g/mol. The summed E-state index contributed by atoms with van der Waals surface area (Å²) in [4.78, 5) is 0. The van der Waals surface area contributed by atoms with Crippen molar-refractivity contribution >= 4 is 0 Å². The fourth-order valence-corrected chi connectivity index (χ4v) is 4.16. The van der Waals surface area contributed by atoms with Gasteiger partial charge in [-0.1, -0.05) is 58.8 Å². The van der Waals surface area contributed by atoms with Gasteiger partial charge >= 0.3 is 0 Å². The summed E-state index contributed by atoms with van der Waals surface area (Å²) < 4.78 is 0. The highest BCUT2D eigenvalue weighted by Crippen LogP contribution is 2.31. The molecule has 2 aliphatic carbocycles. The van der Waals surface area contributed by atoms with Crippen molar-refractivity contribution in [3.63, 3.8) is 0 Å². The maximum Gasteiger partial charge on any atom is 0.00977 e. The van der Waals surface area contributed by atoms with Crippen molar-refractivity contribution in [3.05, 3.63) is 0 Å². The van der Waals surface area contributed by atoms with Crippen LogP contribution >= 0.6 is 0 Å². The van der Waals surface area contributed by atoms with Crippen LogP contribution in [-0.2, 0) is 0 Å². The number of nitrogens with one attached hydrogen (secondary N) is 1. The topological polar surface area (TPSA) is 12.0 Å². The SMILES string of the molecule is CC(C)C1CCCCC1NCCC1CCCCC1. The molecule has 2 rings (SSSR count). The maximum absolute atomic E-state index is 3.90. The third-order valence-electron chi connectivity index (χ3n) is 5.36. The minimum atomic E-state index is 0.822. The van der Waals surface area contributed by atoms with Gasteiger partial charge in [-0.3, -0.25) is 0 Å². The molecule has 1 nitrogen and oxygen atoms in total. The third kappa shape index (κ3) is 4.26. The van der Waals surface area contributed by atoms with Crippen LogP contribution in [0.2, 0.25) is 0 Å². The molecule has 0 aromatic carbocycles. The Morgan fingerprint density at radius 3 is 2.28 bits per heavy atom. The van der Waals surface area contributed by atoms with Crippen molar-refractivity contribution < 1.29 is 0 Å². The molecule has 18 heavy (non-hydrogen) atoms. The summed E-state index contributed by atoms with van der Waals surface area (Å²) in [6.45, 7) is 6.09. The minimum absolute atomic E-state index is 0.822. The fourth-order valence-electron chi connectivity index (χ4n) is 4.16. The third-order valence-corrected chi connectivity index (χ3v) is 5.36. The maximum atomic E-state index is 3.90. The first kappa shape index (κ1) is 14.4. The molecule has 2 fully saturated rings. The van der Waals surface area contributed by atoms with E-state index in [-0.39, 0.29) is 0 Å². The molecule has 1 heteroatoms. The number of hydrogen-bond acceptors (Lipinski definition) is 1. The van der Waals surface area contributed by atoms with Gasteiger partial charge in [0.05, 0.1) is 0 Å². The molecule has 0 radical (unpaired) electrons. The van der Waals surface area contributed by atoms with Crippen molar-refractivity contribution in [2.75, 3.05) is 6.54 Å². The van der Waals surface area contributed by atoms with E-state index in [4.69, 9.17) is 0 Å².